The Morgan fingerprint density at radius 2 is 2.22 bits per heavy atom. The van der Waals surface area contributed by atoms with E-state index in [0.717, 1.165) is 12.8 Å². The monoisotopic (exact) mass is 252 g/mol. The molecule has 18 heavy (non-hydrogen) atoms. The molecule has 2 rings (SSSR count). The van der Waals surface area contributed by atoms with Crippen LogP contribution in [0.3, 0.4) is 0 Å². The summed E-state index contributed by atoms with van der Waals surface area (Å²) in [5.74, 6) is -1.09. The fourth-order valence-electron chi connectivity index (χ4n) is 1.62. The topological polar surface area (TPSA) is 91.6 Å². The molecule has 0 radical (unpaired) electrons. The van der Waals surface area contributed by atoms with Crippen LogP contribution in [-0.4, -0.2) is 29.6 Å². The summed E-state index contributed by atoms with van der Waals surface area (Å²) < 4.78 is 4.85. The zero-order chi connectivity index (χ0) is 13.0. The SMILES string of the molecule is O=C(CCNCc1ccoc1C(=O)O)NC1CC1. The van der Waals surface area contributed by atoms with Crippen LogP contribution in [0.4, 0.5) is 0 Å². The van der Waals surface area contributed by atoms with Gasteiger partial charge in [0.25, 0.3) is 0 Å². The summed E-state index contributed by atoms with van der Waals surface area (Å²) in [6, 6.07) is 1.99. The molecule has 0 aliphatic heterocycles. The van der Waals surface area contributed by atoms with Crippen molar-refractivity contribution < 1.29 is 19.1 Å². The Hall–Kier alpha value is -1.82. The van der Waals surface area contributed by atoms with Crippen LogP contribution in [0.2, 0.25) is 0 Å². The first-order chi connectivity index (χ1) is 8.66. The van der Waals surface area contributed by atoms with Gasteiger partial charge in [0.2, 0.25) is 11.7 Å². The Balaban J connectivity index is 1.66. The van der Waals surface area contributed by atoms with Gasteiger partial charge in [0.1, 0.15) is 0 Å². The van der Waals surface area contributed by atoms with Gasteiger partial charge in [0.05, 0.1) is 6.26 Å². The van der Waals surface area contributed by atoms with Crippen LogP contribution in [0.1, 0.15) is 35.4 Å². The molecule has 6 heteroatoms. The molecule has 6 nitrogen and oxygen atoms in total. The van der Waals surface area contributed by atoms with Crippen molar-refractivity contribution in [1.29, 1.82) is 0 Å². The van der Waals surface area contributed by atoms with Gasteiger partial charge in [-0.2, -0.15) is 0 Å². The van der Waals surface area contributed by atoms with E-state index in [9.17, 15) is 9.59 Å². The van der Waals surface area contributed by atoms with E-state index >= 15 is 0 Å². The number of carbonyl (C=O) groups excluding carboxylic acids is 1. The molecule has 3 N–H and O–H groups in total. The van der Waals surface area contributed by atoms with Crippen LogP contribution in [0.5, 0.6) is 0 Å². The van der Waals surface area contributed by atoms with Gasteiger partial charge in [0.15, 0.2) is 0 Å². The van der Waals surface area contributed by atoms with Crippen molar-refractivity contribution in [2.75, 3.05) is 6.54 Å². The number of carbonyl (C=O) groups is 2. The zero-order valence-electron chi connectivity index (χ0n) is 9.94. The van der Waals surface area contributed by atoms with Gasteiger partial charge in [-0.15, -0.1) is 0 Å². The Bertz CT molecular complexity index is 437. The molecular weight excluding hydrogens is 236 g/mol. The second-order valence-electron chi connectivity index (χ2n) is 4.35. The van der Waals surface area contributed by atoms with Gasteiger partial charge in [-0.25, -0.2) is 4.79 Å². The summed E-state index contributed by atoms with van der Waals surface area (Å²) in [5.41, 5.74) is 0.588. The minimum atomic E-state index is -1.08. The Morgan fingerprint density at radius 1 is 1.44 bits per heavy atom. The lowest BCUT2D eigenvalue weighted by Gasteiger charge is -2.04. The van der Waals surface area contributed by atoms with Gasteiger partial charge in [-0.05, 0) is 18.9 Å². The molecule has 1 aliphatic rings. The Kier molecular flexibility index (Phi) is 3.99. The number of aromatic carboxylic acids is 1. The number of furan rings is 1. The van der Waals surface area contributed by atoms with E-state index in [-0.39, 0.29) is 11.7 Å². The van der Waals surface area contributed by atoms with Crippen LogP contribution in [0.25, 0.3) is 0 Å². The van der Waals surface area contributed by atoms with Crippen molar-refractivity contribution in [3.8, 4) is 0 Å². The van der Waals surface area contributed by atoms with E-state index in [1.807, 2.05) is 0 Å². The quantitative estimate of drug-likeness (QED) is 0.622. The molecular formula is C12H16N2O4. The maximum Gasteiger partial charge on any atom is 0.372 e. The summed E-state index contributed by atoms with van der Waals surface area (Å²) in [6.45, 7) is 0.900. The molecule has 0 atom stereocenters. The first kappa shape index (κ1) is 12.6. The first-order valence-corrected chi connectivity index (χ1v) is 5.96. The molecule has 98 valence electrons. The van der Waals surface area contributed by atoms with Crippen LogP contribution in [0, 0.1) is 0 Å². The zero-order valence-corrected chi connectivity index (χ0v) is 9.94. The first-order valence-electron chi connectivity index (χ1n) is 5.96. The van der Waals surface area contributed by atoms with E-state index < -0.39 is 5.97 Å². The second kappa shape index (κ2) is 5.68. The predicted molar refractivity (Wildman–Crippen MR) is 63.2 cm³/mol. The third-order valence-electron chi connectivity index (χ3n) is 2.73. The minimum absolute atomic E-state index is 0.0376. The highest BCUT2D eigenvalue weighted by Crippen LogP contribution is 2.18. The normalized spacial score (nSPS) is 14.4. The second-order valence-corrected chi connectivity index (χ2v) is 4.35. The fourth-order valence-corrected chi connectivity index (χ4v) is 1.62. The van der Waals surface area contributed by atoms with Crippen molar-refractivity contribution in [2.45, 2.75) is 31.8 Å². The third-order valence-corrected chi connectivity index (χ3v) is 2.73. The van der Waals surface area contributed by atoms with Crippen LogP contribution < -0.4 is 10.6 Å². The molecule has 1 aliphatic carbocycles. The molecule has 0 unspecified atom stereocenters. The summed E-state index contributed by atoms with van der Waals surface area (Å²) >= 11 is 0. The molecule has 0 bridgehead atoms. The van der Waals surface area contributed by atoms with E-state index in [0.29, 0.717) is 31.1 Å². The number of nitrogens with one attached hydrogen (secondary N) is 2. The highest BCUT2D eigenvalue weighted by molar-refractivity contribution is 5.86. The molecule has 1 saturated carbocycles. The Labute approximate surface area is 104 Å². The van der Waals surface area contributed by atoms with Gasteiger partial charge >= 0.3 is 5.97 Å². The predicted octanol–water partition coefficient (Wildman–Crippen LogP) is 0.736. The van der Waals surface area contributed by atoms with Gasteiger partial charge in [-0.1, -0.05) is 0 Å². The molecule has 1 fully saturated rings. The summed E-state index contributed by atoms with van der Waals surface area (Å²) in [6.07, 6.45) is 3.91. The molecule has 1 amide bonds. The Morgan fingerprint density at radius 3 is 2.89 bits per heavy atom. The highest BCUT2D eigenvalue weighted by atomic mass is 16.4. The van der Waals surface area contributed by atoms with Crippen LogP contribution in [-0.2, 0) is 11.3 Å². The summed E-state index contributed by atoms with van der Waals surface area (Å²) in [5, 5.41) is 14.7. The summed E-state index contributed by atoms with van der Waals surface area (Å²) in [4.78, 5) is 22.1. The molecule has 1 aromatic heterocycles. The molecule has 0 saturated heterocycles. The molecule has 0 spiro atoms. The lowest BCUT2D eigenvalue weighted by molar-refractivity contribution is -0.121. The largest absolute Gasteiger partial charge is 0.475 e. The van der Waals surface area contributed by atoms with Crippen LogP contribution >= 0.6 is 0 Å². The smallest absolute Gasteiger partial charge is 0.372 e. The molecule has 0 aromatic carbocycles. The number of amides is 1. The van der Waals surface area contributed by atoms with Gasteiger partial charge in [-0.3, -0.25) is 4.79 Å². The van der Waals surface area contributed by atoms with E-state index in [1.165, 1.54) is 6.26 Å². The average Bonchev–Trinajstić information content (AvgIpc) is 2.99. The van der Waals surface area contributed by atoms with Crippen LogP contribution in [0.15, 0.2) is 16.7 Å². The lowest BCUT2D eigenvalue weighted by atomic mass is 10.2. The van der Waals surface area contributed by atoms with Crippen molar-refractivity contribution >= 4 is 11.9 Å². The number of rotatable bonds is 7. The maximum absolute atomic E-state index is 11.4. The number of carboxylic acid groups (broad SMARTS) is 1. The van der Waals surface area contributed by atoms with Gasteiger partial charge in [0, 0.05) is 31.1 Å². The van der Waals surface area contributed by atoms with E-state index in [2.05, 4.69) is 10.6 Å². The van der Waals surface area contributed by atoms with Crippen molar-refractivity contribution in [1.82, 2.24) is 10.6 Å². The third kappa shape index (κ3) is 3.59. The van der Waals surface area contributed by atoms with Crippen molar-refractivity contribution in [2.24, 2.45) is 0 Å². The highest BCUT2D eigenvalue weighted by Gasteiger charge is 2.22. The lowest BCUT2D eigenvalue weighted by Crippen LogP contribution is -2.29. The fraction of sp³-hybridized carbons (Fsp3) is 0.500. The van der Waals surface area contributed by atoms with Gasteiger partial charge < -0.3 is 20.2 Å². The van der Waals surface area contributed by atoms with Crippen molar-refractivity contribution in [3.63, 3.8) is 0 Å². The average molecular weight is 252 g/mol. The van der Waals surface area contributed by atoms with Crippen molar-refractivity contribution in [3.05, 3.63) is 23.7 Å². The van der Waals surface area contributed by atoms with E-state index in [4.69, 9.17) is 9.52 Å². The number of carboxylic acids is 1. The summed E-state index contributed by atoms with van der Waals surface area (Å²) in [7, 11) is 0. The maximum atomic E-state index is 11.4. The van der Waals surface area contributed by atoms with E-state index in [1.54, 1.807) is 6.07 Å². The number of hydrogen-bond donors (Lipinski definition) is 3. The minimum Gasteiger partial charge on any atom is -0.475 e. The number of hydrogen-bond acceptors (Lipinski definition) is 4. The molecule has 1 heterocycles. The molecule has 1 aromatic rings. The standard InChI is InChI=1S/C12H16N2O4/c15-10(14-9-1-2-9)3-5-13-7-8-4-6-18-11(8)12(16)17/h4,6,9,13H,1-3,5,7H2,(H,14,15)(H,16,17).